The van der Waals surface area contributed by atoms with Gasteiger partial charge in [0.05, 0.1) is 0 Å². The van der Waals surface area contributed by atoms with Gasteiger partial charge in [-0.25, -0.2) is 0 Å². The number of hydrogen-bond donors (Lipinski definition) is 0. The fourth-order valence-electron chi connectivity index (χ4n) is 1.72. The van der Waals surface area contributed by atoms with Gasteiger partial charge in [0, 0.05) is 19.6 Å². The van der Waals surface area contributed by atoms with Crippen molar-refractivity contribution in [3.63, 3.8) is 0 Å². The molecule has 1 atom stereocenters. The Hall–Kier alpha value is -0.200. The molecule has 2 heterocycles. The van der Waals surface area contributed by atoms with Crippen LogP contribution in [0, 0.1) is 0 Å². The van der Waals surface area contributed by atoms with Crippen LogP contribution in [0.15, 0.2) is 3.92 Å². The molecule has 0 spiro atoms. The van der Waals surface area contributed by atoms with Crippen molar-refractivity contribution >= 4 is 32.4 Å². The first-order valence-electron chi connectivity index (χ1n) is 4.57. The molecule has 1 aliphatic heterocycles. The predicted molar refractivity (Wildman–Crippen MR) is 61.9 cm³/mol. The normalized spacial score (nSPS) is 22.9. The van der Waals surface area contributed by atoms with Gasteiger partial charge in [-0.05, 0) is 35.9 Å². The predicted octanol–water partition coefficient (Wildman–Crippen LogP) is 1.44. The standard InChI is InChI=1S/C8H13BrN4S/c1-12-4-3-6(5-12)13(2)8-11-10-7(9)14-8/h6H,3-5H2,1-2H3. The summed E-state index contributed by atoms with van der Waals surface area (Å²) < 4.78 is 0.853. The summed E-state index contributed by atoms with van der Waals surface area (Å²) >= 11 is 4.91. The molecule has 2 rings (SSSR count). The molecule has 78 valence electrons. The maximum atomic E-state index is 4.11. The highest BCUT2D eigenvalue weighted by atomic mass is 79.9. The number of aromatic nitrogens is 2. The largest absolute Gasteiger partial charge is 0.345 e. The second-order valence-corrected chi connectivity index (χ2v) is 5.89. The zero-order valence-corrected chi connectivity index (χ0v) is 10.7. The van der Waals surface area contributed by atoms with E-state index in [1.165, 1.54) is 13.0 Å². The third-order valence-electron chi connectivity index (χ3n) is 2.61. The van der Waals surface area contributed by atoms with Gasteiger partial charge in [0.25, 0.3) is 0 Å². The van der Waals surface area contributed by atoms with E-state index >= 15 is 0 Å². The SMILES string of the molecule is CN1CCC(N(C)c2nnc(Br)s2)C1. The first kappa shape index (κ1) is 10.3. The van der Waals surface area contributed by atoms with E-state index in [1.807, 2.05) is 0 Å². The number of rotatable bonds is 2. The van der Waals surface area contributed by atoms with E-state index in [-0.39, 0.29) is 0 Å². The third-order valence-corrected chi connectivity index (χ3v) is 4.05. The maximum Gasteiger partial charge on any atom is 0.209 e. The van der Waals surface area contributed by atoms with Crippen molar-refractivity contribution in [3.8, 4) is 0 Å². The molecular weight excluding hydrogens is 264 g/mol. The van der Waals surface area contributed by atoms with E-state index in [9.17, 15) is 0 Å². The second-order valence-electron chi connectivity index (χ2n) is 3.65. The number of nitrogens with zero attached hydrogens (tertiary/aromatic N) is 4. The van der Waals surface area contributed by atoms with Crippen LogP contribution < -0.4 is 4.90 Å². The number of anilines is 1. The fourth-order valence-corrected chi connectivity index (χ4v) is 2.85. The van der Waals surface area contributed by atoms with Crippen molar-refractivity contribution in [2.75, 3.05) is 32.1 Å². The fraction of sp³-hybridized carbons (Fsp3) is 0.750. The van der Waals surface area contributed by atoms with Gasteiger partial charge in [0.1, 0.15) is 0 Å². The van der Waals surface area contributed by atoms with Gasteiger partial charge < -0.3 is 9.80 Å². The summed E-state index contributed by atoms with van der Waals surface area (Å²) in [6.45, 7) is 2.29. The van der Waals surface area contributed by atoms with Gasteiger partial charge in [-0.15, -0.1) is 10.2 Å². The van der Waals surface area contributed by atoms with Crippen LogP contribution in [0.4, 0.5) is 5.13 Å². The summed E-state index contributed by atoms with van der Waals surface area (Å²) in [5.41, 5.74) is 0. The Bertz CT molecular complexity index is 316. The van der Waals surface area contributed by atoms with Gasteiger partial charge >= 0.3 is 0 Å². The number of likely N-dealkylation sites (tertiary alicyclic amines) is 1. The molecule has 0 amide bonds. The summed E-state index contributed by atoms with van der Waals surface area (Å²) in [5, 5.41) is 9.07. The Morgan fingerprint density at radius 2 is 2.36 bits per heavy atom. The summed E-state index contributed by atoms with van der Waals surface area (Å²) in [7, 11) is 4.25. The molecule has 0 radical (unpaired) electrons. The first-order valence-corrected chi connectivity index (χ1v) is 6.18. The highest BCUT2D eigenvalue weighted by Gasteiger charge is 2.25. The number of hydrogen-bond acceptors (Lipinski definition) is 5. The number of halogens is 1. The molecule has 0 bridgehead atoms. The highest BCUT2D eigenvalue weighted by Crippen LogP contribution is 2.26. The minimum atomic E-state index is 0.583. The third kappa shape index (κ3) is 2.07. The molecule has 6 heteroatoms. The van der Waals surface area contributed by atoms with Crippen LogP contribution >= 0.6 is 27.3 Å². The van der Waals surface area contributed by atoms with Crippen molar-refractivity contribution in [2.24, 2.45) is 0 Å². The molecule has 1 aliphatic rings. The molecule has 1 saturated heterocycles. The van der Waals surface area contributed by atoms with Crippen LogP contribution in [-0.2, 0) is 0 Å². The van der Waals surface area contributed by atoms with E-state index in [4.69, 9.17) is 0 Å². The Morgan fingerprint density at radius 3 is 2.86 bits per heavy atom. The highest BCUT2D eigenvalue weighted by molar-refractivity contribution is 9.11. The van der Waals surface area contributed by atoms with Crippen molar-refractivity contribution in [1.29, 1.82) is 0 Å². The summed E-state index contributed by atoms with van der Waals surface area (Å²) in [6, 6.07) is 0.583. The van der Waals surface area contributed by atoms with Crippen molar-refractivity contribution in [3.05, 3.63) is 3.92 Å². The Morgan fingerprint density at radius 1 is 1.57 bits per heavy atom. The van der Waals surface area contributed by atoms with Gasteiger partial charge in [-0.1, -0.05) is 11.3 Å². The molecule has 0 aromatic carbocycles. The summed E-state index contributed by atoms with van der Waals surface area (Å²) in [4.78, 5) is 4.57. The summed E-state index contributed by atoms with van der Waals surface area (Å²) in [5.74, 6) is 0. The minimum Gasteiger partial charge on any atom is -0.345 e. The molecule has 1 unspecified atom stereocenters. The first-order chi connectivity index (χ1) is 6.66. The Labute approximate surface area is 96.1 Å². The summed E-state index contributed by atoms with van der Waals surface area (Å²) in [6.07, 6.45) is 1.21. The molecule has 4 nitrogen and oxygen atoms in total. The molecule has 1 aromatic heterocycles. The lowest BCUT2D eigenvalue weighted by atomic mass is 10.2. The maximum absolute atomic E-state index is 4.11. The minimum absolute atomic E-state index is 0.583. The molecular formula is C8H13BrN4S. The Kier molecular flexibility index (Phi) is 3.04. The van der Waals surface area contributed by atoms with Crippen LogP contribution in [0.3, 0.4) is 0 Å². The number of likely N-dealkylation sites (N-methyl/N-ethyl adjacent to an activating group) is 2. The zero-order valence-electron chi connectivity index (χ0n) is 8.27. The average molecular weight is 277 g/mol. The molecule has 1 fully saturated rings. The van der Waals surface area contributed by atoms with Gasteiger partial charge in [-0.3, -0.25) is 0 Å². The van der Waals surface area contributed by atoms with Gasteiger partial charge in [-0.2, -0.15) is 0 Å². The van der Waals surface area contributed by atoms with Crippen molar-refractivity contribution in [1.82, 2.24) is 15.1 Å². The lowest BCUT2D eigenvalue weighted by Gasteiger charge is -2.22. The smallest absolute Gasteiger partial charge is 0.209 e. The van der Waals surface area contributed by atoms with Crippen LogP contribution in [0.2, 0.25) is 0 Å². The molecule has 0 N–H and O–H groups in total. The molecule has 0 aliphatic carbocycles. The monoisotopic (exact) mass is 276 g/mol. The van der Waals surface area contributed by atoms with E-state index in [0.717, 1.165) is 15.6 Å². The molecule has 0 saturated carbocycles. The van der Waals surface area contributed by atoms with E-state index < -0.39 is 0 Å². The van der Waals surface area contributed by atoms with E-state index in [1.54, 1.807) is 11.3 Å². The van der Waals surface area contributed by atoms with Crippen molar-refractivity contribution in [2.45, 2.75) is 12.5 Å². The van der Waals surface area contributed by atoms with Gasteiger partial charge in [0.2, 0.25) is 5.13 Å². The van der Waals surface area contributed by atoms with Crippen molar-refractivity contribution < 1.29 is 0 Å². The molecule has 14 heavy (non-hydrogen) atoms. The zero-order chi connectivity index (χ0) is 10.1. The van der Waals surface area contributed by atoms with Crippen LogP contribution in [0.25, 0.3) is 0 Å². The van der Waals surface area contributed by atoms with E-state index in [0.29, 0.717) is 6.04 Å². The van der Waals surface area contributed by atoms with Crippen LogP contribution in [0.1, 0.15) is 6.42 Å². The average Bonchev–Trinajstić information content (AvgIpc) is 2.73. The quantitative estimate of drug-likeness (QED) is 0.819. The second kappa shape index (κ2) is 4.12. The lowest BCUT2D eigenvalue weighted by Crippen LogP contribution is -2.33. The topological polar surface area (TPSA) is 32.3 Å². The Balaban J connectivity index is 2.05. The molecule has 1 aromatic rings. The van der Waals surface area contributed by atoms with Gasteiger partial charge in [0.15, 0.2) is 3.92 Å². The van der Waals surface area contributed by atoms with Crippen LogP contribution in [0.5, 0.6) is 0 Å². The lowest BCUT2D eigenvalue weighted by molar-refractivity contribution is 0.409. The van der Waals surface area contributed by atoms with Crippen LogP contribution in [-0.4, -0.2) is 48.3 Å². The van der Waals surface area contributed by atoms with E-state index in [2.05, 4.69) is 50.0 Å².